The van der Waals surface area contributed by atoms with Gasteiger partial charge in [0, 0.05) is 27.2 Å². The van der Waals surface area contributed by atoms with Crippen molar-refractivity contribution in [2.75, 3.05) is 40.3 Å². The molecule has 1 aliphatic carbocycles. The van der Waals surface area contributed by atoms with Gasteiger partial charge in [-0.2, -0.15) is 0 Å². The first-order chi connectivity index (χ1) is 9.85. The molecule has 3 amide bonds. The summed E-state index contributed by atoms with van der Waals surface area (Å²) in [6.07, 6.45) is 2.79. The SMILES string of the molecule is CCCN(CC(=O)N(C)C)C(=O)N(CC(=O)O)CC1CC1. The van der Waals surface area contributed by atoms with Crippen LogP contribution >= 0.6 is 0 Å². The molecule has 1 N–H and O–H groups in total. The standard InChI is InChI=1S/C14H25N3O4/c1-4-7-16(9-12(18)15(2)3)14(21)17(10-13(19)20)8-11-5-6-11/h11H,4-10H2,1-3H3,(H,19,20). The van der Waals surface area contributed by atoms with E-state index in [1.165, 1.54) is 14.7 Å². The summed E-state index contributed by atoms with van der Waals surface area (Å²) in [7, 11) is 3.27. The molecule has 0 aromatic rings. The van der Waals surface area contributed by atoms with Gasteiger partial charge in [-0.3, -0.25) is 9.59 Å². The Morgan fingerprint density at radius 3 is 2.14 bits per heavy atom. The third-order valence-corrected chi connectivity index (χ3v) is 3.36. The summed E-state index contributed by atoms with van der Waals surface area (Å²) in [6.45, 7) is 2.50. The normalized spacial score (nSPS) is 13.7. The van der Waals surface area contributed by atoms with Crippen molar-refractivity contribution < 1.29 is 19.5 Å². The molecule has 7 nitrogen and oxygen atoms in total. The Morgan fingerprint density at radius 2 is 1.71 bits per heavy atom. The van der Waals surface area contributed by atoms with Crippen molar-refractivity contribution in [3.63, 3.8) is 0 Å². The van der Waals surface area contributed by atoms with Gasteiger partial charge in [0.15, 0.2) is 0 Å². The van der Waals surface area contributed by atoms with E-state index in [1.54, 1.807) is 14.1 Å². The number of carbonyl (C=O) groups is 3. The van der Waals surface area contributed by atoms with Gasteiger partial charge in [-0.05, 0) is 25.2 Å². The predicted molar refractivity (Wildman–Crippen MR) is 77.9 cm³/mol. The van der Waals surface area contributed by atoms with Crippen molar-refractivity contribution in [1.82, 2.24) is 14.7 Å². The third-order valence-electron chi connectivity index (χ3n) is 3.36. The molecule has 1 fully saturated rings. The molecule has 21 heavy (non-hydrogen) atoms. The minimum absolute atomic E-state index is 0.0134. The van der Waals surface area contributed by atoms with Crippen LogP contribution in [-0.4, -0.2) is 78.0 Å². The molecular formula is C14H25N3O4. The van der Waals surface area contributed by atoms with Crippen molar-refractivity contribution in [2.24, 2.45) is 5.92 Å². The molecule has 1 aliphatic rings. The largest absolute Gasteiger partial charge is 0.480 e. The Kier molecular flexibility index (Phi) is 6.45. The van der Waals surface area contributed by atoms with Gasteiger partial charge in [0.1, 0.15) is 13.1 Å². The number of likely N-dealkylation sites (N-methyl/N-ethyl adjacent to an activating group) is 1. The number of rotatable bonds is 8. The Morgan fingerprint density at radius 1 is 1.10 bits per heavy atom. The molecule has 0 saturated heterocycles. The molecule has 0 aromatic heterocycles. The number of hydrogen-bond donors (Lipinski definition) is 1. The molecule has 0 aromatic carbocycles. The maximum absolute atomic E-state index is 12.5. The van der Waals surface area contributed by atoms with Crippen LogP contribution in [0.3, 0.4) is 0 Å². The minimum Gasteiger partial charge on any atom is -0.480 e. The van der Waals surface area contributed by atoms with Gasteiger partial charge in [-0.1, -0.05) is 6.92 Å². The number of urea groups is 1. The molecule has 0 bridgehead atoms. The second-order valence-corrected chi connectivity index (χ2v) is 5.71. The quantitative estimate of drug-likeness (QED) is 0.715. The van der Waals surface area contributed by atoms with E-state index < -0.39 is 5.97 Å². The molecule has 7 heteroatoms. The van der Waals surface area contributed by atoms with Crippen LogP contribution in [0.25, 0.3) is 0 Å². The lowest BCUT2D eigenvalue weighted by Crippen LogP contribution is -2.49. The van der Waals surface area contributed by atoms with Crippen molar-refractivity contribution >= 4 is 17.9 Å². The van der Waals surface area contributed by atoms with Gasteiger partial charge in [0.25, 0.3) is 0 Å². The Balaban J connectivity index is 2.73. The lowest BCUT2D eigenvalue weighted by atomic mass is 10.3. The lowest BCUT2D eigenvalue weighted by molar-refractivity contribution is -0.137. The third kappa shape index (κ3) is 6.01. The van der Waals surface area contributed by atoms with Crippen LogP contribution in [0.2, 0.25) is 0 Å². The summed E-state index contributed by atoms with van der Waals surface area (Å²) in [4.78, 5) is 39.5. The average Bonchev–Trinajstić information content (AvgIpc) is 3.19. The number of nitrogens with zero attached hydrogens (tertiary/aromatic N) is 3. The van der Waals surface area contributed by atoms with Gasteiger partial charge in [0.2, 0.25) is 5.91 Å². The number of carboxylic acids is 1. The van der Waals surface area contributed by atoms with E-state index in [-0.39, 0.29) is 25.0 Å². The molecule has 0 aliphatic heterocycles. The first kappa shape index (κ1) is 17.3. The maximum Gasteiger partial charge on any atom is 0.323 e. The fourth-order valence-corrected chi connectivity index (χ4v) is 2.00. The summed E-state index contributed by atoms with van der Waals surface area (Å²) in [5.74, 6) is -0.792. The van der Waals surface area contributed by atoms with Gasteiger partial charge < -0.3 is 19.8 Å². The van der Waals surface area contributed by atoms with Crippen LogP contribution in [0.15, 0.2) is 0 Å². The van der Waals surface area contributed by atoms with E-state index in [0.717, 1.165) is 19.3 Å². The molecule has 0 unspecified atom stereocenters. The topological polar surface area (TPSA) is 81.2 Å². The molecule has 120 valence electrons. The van der Waals surface area contributed by atoms with Crippen LogP contribution in [0, 0.1) is 5.92 Å². The average molecular weight is 299 g/mol. The van der Waals surface area contributed by atoms with Crippen molar-refractivity contribution in [3.8, 4) is 0 Å². The van der Waals surface area contributed by atoms with Crippen molar-refractivity contribution in [2.45, 2.75) is 26.2 Å². The van der Waals surface area contributed by atoms with Crippen molar-refractivity contribution in [3.05, 3.63) is 0 Å². The highest BCUT2D eigenvalue weighted by atomic mass is 16.4. The number of carboxylic acid groups (broad SMARTS) is 1. The highest BCUT2D eigenvalue weighted by Gasteiger charge is 2.30. The summed E-state index contributed by atoms with van der Waals surface area (Å²) < 4.78 is 0. The first-order valence-corrected chi connectivity index (χ1v) is 7.31. The van der Waals surface area contributed by atoms with Crippen LogP contribution in [-0.2, 0) is 9.59 Å². The second kappa shape index (κ2) is 7.85. The molecule has 1 rings (SSSR count). The zero-order valence-corrected chi connectivity index (χ0v) is 13.0. The Hall–Kier alpha value is -1.79. The van der Waals surface area contributed by atoms with E-state index in [4.69, 9.17) is 5.11 Å². The Labute approximate surface area is 125 Å². The molecule has 1 saturated carbocycles. The van der Waals surface area contributed by atoms with E-state index in [1.807, 2.05) is 6.92 Å². The van der Waals surface area contributed by atoms with E-state index in [0.29, 0.717) is 19.0 Å². The summed E-state index contributed by atoms with van der Waals surface area (Å²) in [5, 5.41) is 8.96. The summed E-state index contributed by atoms with van der Waals surface area (Å²) >= 11 is 0. The summed E-state index contributed by atoms with van der Waals surface area (Å²) in [6, 6.07) is -0.360. The van der Waals surface area contributed by atoms with Crippen LogP contribution < -0.4 is 0 Å². The highest BCUT2D eigenvalue weighted by molar-refractivity contribution is 5.85. The Bertz CT molecular complexity index is 394. The zero-order valence-electron chi connectivity index (χ0n) is 13.0. The van der Waals surface area contributed by atoms with Gasteiger partial charge in [-0.25, -0.2) is 4.79 Å². The van der Waals surface area contributed by atoms with E-state index in [2.05, 4.69) is 0 Å². The van der Waals surface area contributed by atoms with E-state index >= 15 is 0 Å². The fourth-order valence-electron chi connectivity index (χ4n) is 2.00. The maximum atomic E-state index is 12.5. The fraction of sp³-hybridized carbons (Fsp3) is 0.786. The number of amides is 3. The first-order valence-electron chi connectivity index (χ1n) is 7.31. The summed E-state index contributed by atoms with van der Waals surface area (Å²) in [5.41, 5.74) is 0. The van der Waals surface area contributed by atoms with Crippen LogP contribution in [0.1, 0.15) is 26.2 Å². The zero-order chi connectivity index (χ0) is 16.0. The minimum atomic E-state index is -1.03. The monoisotopic (exact) mass is 299 g/mol. The number of hydrogen-bond acceptors (Lipinski definition) is 3. The van der Waals surface area contributed by atoms with Gasteiger partial charge >= 0.3 is 12.0 Å². The second-order valence-electron chi connectivity index (χ2n) is 5.71. The van der Waals surface area contributed by atoms with Crippen LogP contribution in [0.5, 0.6) is 0 Å². The van der Waals surface area contributed by atoms with Gasteiger partial charge in [-0.15, -0.1) is 0 Å². The number of carbonyl (C=O) groups excluding carboxylic acids is 2. The molecular weight excluding hydrogens is 274 g/mol. The van der Waals surface area contributed by atoms with Crippen LogP contribution in [0.4, 0.5) is 4.79 Å². The number of aliphatic carboxylic acids is 1. The van der Waals surface area contributed by atoms with Crippen molar-refractivity contribution in [1.29, 1.82) is 0 Å². The smallest absolute Gasteiger partial charge is 0.323 e. The molecule has 0 atom stereocenters. The van der Waals surface area contributed by atoms with Gasteiger partial charge in [0.05, 0.1) is 0 Å². The molecule has 0 radical (unpaired) electrons. The highest BCUT2D eigenvalue weighted by Crippen LogP contribution is 2.30. The lowest BCUT2D eigenvalue weighted by Gasteiger charge is -2.30. The molecule has 0 heterocycles. The van der Waals surface area contributed by atoms with E-state index in [9.17, 15) is 14.4 Å². The predicted octanol–water partition coefficient (Wildman–Crippen LogP) is 0.703. The molecule has 0 spiro atoms.